The molecular weight excluding hydrogens is 211 g/mol. The van der Waals surface area contributed by atoms with Crippen LogP contribution in [0.15, 0.2) is 18.2 Å². The van der Waals surface area contributed by atoms with Gasteiger partial charge in [0, 0.05) is 19.2 Å². The summed E-state index contributed by atoms with van der Waals surface area (Å²) in [6.07, 6.45) is 4.02. The van der Waals surface area contributed by atoms with E-state index < -0.39 is 10.7 Å². The Bertz CT molecular complexity index is 403. The van der Waals surface area contributed by atoms with E-state index in [1.54, 1.807) is 0 Å². The van der Waals surface area contributed by atoms with Crippen molar-refractivity contribution in [3.8, 4) is 0 Å². The fourth-order valence-corrected chi connectivity index (χ4v) is 1.86. The molecule has 0 unspecified atom stereocenters. The van der Waals surface area contributed by atoms with E-state index in [9.17, 15) is 14.5 Å². The first kappa shape index (κ1) is 10.9. The molecule has 1 aliphatic rings. The first-order valence-corrected chi connectivity index (χ1v) is 5.19. The van der Waals surface area contributed by atoms with Crippen LogP contribution >= 0.6 is 0 Å². The lowest BCUT2D eigenvalue weighted by molar-refractivity contribution is -0.385. The van der Waals surface area contributed by atoms with E-state index in [-0.39, 0.29) is 5.69 Å². The van der Waals surface area contributed by atoms with Crippen molar-refractivity contribution in [2.75, 3.05) is 18.0 Å². The monoisotopic (exact) mass is 223 g/mol. The molecule has 0 amide bonds. The van der Waals surface area contributed by atoms with Crippen molar-refractivity contribution in [1.82, 2.24) is 0 Å². The molecule has 1 heterocycles. The summed E-state index contributed by atoms with van der Waals surface area (Å²) < 4.78 is 13.6. The maximum atomic E-state index is 13.6. The molecule has 85 valence electrons. The molecule has 0 atom stereocenters. The van der Waals surface area contributed by atoms with Gasteiger partial charge in [-0.05, 0) is 25.3 Å². The highest BCUT2D eigenvalue weighted by atomic mass is 19.1. The molecule has 0 aliphatic carbocycles. The van der Waals surface area contributed by atoms with Crippen LogP contribution in [0.4, 0.5) is 15.8 Å². The van der Waals surface area contributed by atoms with Gasteiger partial charge < -0.3 is 4.90 Å². The van der Waals surface area contributed by atoms with Gasteiger partial charge in [0.2, 0.25) is 0 Å². The number of rotatable bonds is 2. The molecule has 2 rings (SSSR count). The van der Waals surface area contributed by atoms with Crippen LogP contribution in [0.5, 0.6) is 0 Å². The summed E-state index contributed by atoms with van der Waals surface area (Å²) in [7, 11) is 0. The molecule has 0 aromatic heterocycles. The average molecular weight is 223 g/mol. The molecular formula is C11H12FN2O2. The van der Waals surface area contributed by atoms with Gasteiger partial charge in [-0.25, -0.2) is 4.39 Å². The summed E-state index contributed by atoms with van der Waals surface area (Å²) in [4.78, 5) is 11.8. The number of non-ortho nitro benzene ring substituents is 1. The van der Waals surface area contributed by atoms with Crippen LogP contribution in [-0.4, -0.2) is 18.0 Å². The van der Waals surface area contributed by atoms with Crippen molar-refractivity contribution in [3.05, 3.63) is 40.6 Å². The molecule has 4 nitrogen and oxygen atoms in total. The van der Waals surface area contributed by atoms with E-state index in [0.29, 0.717) is 5.69 Å². The molecule has 1 aliphatic heterocycles. The van der Waals surface area contributed by atoms with Crippen LogP contribution in [0.3, 0.4) is 0 Å². The number of hydrogen-bond acceptors (Lipinski definition) is 3. The second kappa shape index (κ2) is 4.47. The van der Waals surface area contributed by atoms with Crippen LogP contribution in [-0.2, 0) is 0 Å². The van der Waals surface area contributed by atoms with Crippen molar-refractivity contribution < 1.29 is 9.31 Å². The highest BCUT2D eigenvalue weighted by Crippen LogP contribution is 2.26. The van der Waals surface area contributed by atoms with Gasteiger partial charge in [0.25, 0.3) is 5.69 Å². The molecule has 0 saturated carbocycles. The number of anilines is 1. The molecule has 1 saturated heterocycles. The summed E-state index contributed by atoms with van der Waals surface area (Å²) in [5, 5.41) is 10.5. The van der Waals surface area contributed by atoms with E-state index in [1.807, 2.05) is 4.90 Å². The van der Waals surface area contributed by atoms with Gasteiger partial charge in [-0.1, -0.05) is 0 Å². The normalized spacial score (nSPS) is 16.2. The molecule has 16 heavy (non-hydrogen) atoms. The Morgan fingerprint density at radius 2 is 2.00 bits per heavy atom. The second-order valence-electron chi connectivity index (χ2n) is 3.75. The predicted octanol–water partition coefficient (Wildman–Crippen LogP) is 2.54. The van der Waals surface area contributed by atoms with Crippen molar-refractivity contribution >= 4 is 11.4 Å². The Morgan fingerprint density at radius 3 is 2.56 bits per heavy atom. The van der Waals surface area contributed by atoms with Gasteiger partial charge in [-0.15, -0.1) is 0 Å². The van der Waals surface area contributed by atoms with Crippen LogP contribution in [0.25, 0.3) is 0 Å². The highest BCUT2D eigenvalue weighted by Gasteiger charge is 2.17. The summed E-state index contributed by atoms with van der Waals surface area (Å²) in [6.45, 7) is 1.55. The SMILES string of the molecule is O=[N+]([O-])c1ccc(N2CC[CH]CC2)c(F)c1. The highest BCUT2D eigenvalue weighted by molar-refractivity contribution is 5.52. The number of nitrogens with zero attached hydrogens (tertiary/aromatic N) is 2. The summed E-state index contributed by atoms with van der Waals surface area (Å²) >= 11 is 0. The largest absolute Gasteiger partial charge is 0.369 e. The molecule has 1 radical (unpaired) electrons. The first-order chi connectivity index (χ1) is 7.68. The molecule has 1 aromatic carbocycles. The van der Waals surface area contributed by atoms with Gasteiger partial charge in [-0.3, -0.25) is 10.1 Å². The Hall–Kier alpha value is -1.65. The number of halogens is 1. The number of nitro benzene ring substituents is 1. The van der Waals surface area contributed by atoms with Crippen LogP contribution < -0.4 is 4.90 Å². The summed E-state index contributed by atoms with van der Waals surface area (Å²) in [6, 6.07) is 3.81. The maximum absolute atomic E-state index is 13.6. The summed E-state index contributed by atoms with van der Waals surface area (Å²) in [5.74, 6) is -0.517. The standard InChI is InChI=1S/C11H12FN2O2/c12-10-8-9(14(15)16)4-5-11(10)13-6-2-1-3-7-13/h1,4-5,8H,2-3,6-7H2. The lowest BCUT2D eigenvalue weighted by atomic mass is 10.1. The Balaban J connectivity index is 2.24. The smallest absolute Gasteiger partial charge is 0.272 e. The molecule has 0 N–H and O–H groups in total. The van der Waals surface area contributed by atoms with Gasteiger partial charge >= 0.3 is 0 Å². The van der Waals surface area contributed by atoms with Crippen molar-refractivity contribution in [2.45, 2.75) is 12.8 Å². The maximum Gasteiger partial charge on any atom is 0.272 e. The van der Waals surface area contributed by atoms with Crippen molar-refractivity contribution in [1.29, 1.82) is 0 Å². The fourth-order valence-electron chi connectivity index (χ4n) is 1.86. The quantitative estimate of drug-likeness (QED) is 0.571. The minimum Gasteiger partial charge on any atom is -0.369 e. The van der Waals surface area contributed by atoms with Gasteiger partial charge in [0.1, 0.15) is 0 Å². The van der Waals surface area contributed by atoms with E-state index >= 15 is 0 Å². The van der Waals surface area contributed by atoms with E-state index in [0.717, 1.165) is 32.0 Å². The van der Waals surface area contributed by atoms with E-state index in [2.05, 4.69) is 6.42 Å². The summed E-state index contributed by atoms with van der Waals surface area (Å²) in [5.41, 5.74) is 0.253. The Kier molecular flexibility index (Phi) is 3.03. The third-order valence-corrected chi connectivity index (χ3v) is 2.69. The Morgan fingerprint density at radius 1 is 1.31 bits per heavy atom. The zero-order valence-corrected chi connectivity index (χ0v) is 8.73. The number of hydrogen-bond donors (Lipinski definition) is 0. The number of benzene rings is 1. The van der Waals surface area contributed by atoms with Gasteiger partial charge in [0.05, 0.1) is 16.7 Å². The molecule has 1 aromatic rings. The second-order valence-corrected chi connectivity index (χ2v) is 3.75. The number of piperidine rings is 1. The van der Waals surface area contributed by atoms with Gasteiger partial charge in [0.15, 0.2) is 5.82 Å². The van der Waals surface area contributed by atoms with E-state index in [1.165, 1.54) is 12.1 Å². The minimum atomic E-state index is -0.586. The number of nitro groups is 1. The van der Waals surface area contributed by atoms with Crippen LogP contribution in [0, 0.1) is 22.4 Å². The fraction of sp³-hybridized carbons (Fsp3) is 0.364. The molecule has 5 heteroatoms. The zero-order valence-electron chi connectivity index (χ0n) is 8.73. The van der Waals surface area contributed by atoms with Crippen LogP contribution in [0.1, 0.15) is 12.8 Å². The molecule has 0 bridgehead atoms. The zero-order chi connectivity index (χ0) is 11.5. The third kappa shape index (κ3) is 2.13. The lowest BCUT2D eigenvalue weighted by Crippen LogP contribution is -2.30. The van der Waals surface area contributed by atoms with E-state index in [4.69, 9.17) is 0 Å². The lowest BCUT2D eigenvalue weighted by Gasteiger charge is -2.28. The molecule has 1 fully saturated rings. The predicted molar refractivity (Wildman–Crippen MR) is 58.8 cm³/mol. The van der Waals surface area contributed by atoms with Gasteiger partial charge in [-0.2, -0.15) is 0 Å². The topological polar surface area (TPSA) is 46.4 Å². The first-order valence-electron chi connectivity index (χ1n) is 5.19. The Labute approximate surface area is 92.8 Å². The third-order valence-electron chi connectivity index (χ3n) is 2.69. The van der Waals surface area contributed by atoms with Crippen molar-refractivity contribution in [3.63, 3.8) is 0 Å². The van der Waals surface area contributed by atoms with Crippen LogP contribution in [0.2, 0.25) is 0 Å². The van der Waals surface area contributed by atoms with Crippen molar-refractivity contribution in [2.24, 2.45) is 0 Å². The minimum absolute atomic E-state index is 0.204. The average Bonchev–Trinajstić information content (AvgIpc) is 2.30. The molecule has 0 spiro atoms.